The van der Waals surface area contributed by atoms with E-state index in [0.29, 0.717) is 11.2 Å². The summed E-state index contributed by atoms with van der Waals surface area (Å²) >= 11 is 0. The minimum Gasteiger partial charge on any atom is -0.300 e. The summed E-state index contributed by atoms with van der Waals surface area (Å²) in [5.41, 5.74) is 0.528. The molecular weight excluding hydrogens is 148 g/mol. The summed E-state index contributed by atoms with van der Waals surface area (Å²) in [4.78, 5) is 11.5. The maximum atomic E-state index is 11.5. The Balaban J connectivity index is 1.88. The zero-order valence-corrected chi connectivity index (χ0v) is 7.51. The molecule has 1 heteroatoms. The molecule has 0 bridgehead atoms. The van der Waals surface area contributed by atoms with E-state index in [1.165, 1.54) is 32.1 Å². The molecule has 0 amide bonds. The summed E-state index contributed by atoms with van der Waals surface area (Å²) in [6.45, 7) is 0. The van der Waals surface area contributed by atoms with Crippen molar-refractivity contribution in [3.05, 3.63) is 0 Å². The number of carbonyl (C=O) groups excluding carboxylic acids is 1. The Morgan fingerprint density at radius 3 is 2.75 bits per heavy atom. The molecule has 66 valence electrons. The Kier molecular flexibility index (Phi) is 1.26. The number of ketones is 1. The van der Waals surface area contributed by atoms with E-state index in [1.807, 2.05) is 0 Å². The van der Waals surface area contributed by atoms with Gasteiger partial charge in [-0.2, -0.15) is 0 Å². The van der Waals surface area contributed by atoms with E-state index in [4.69, 9.17) is 0 Å². The first-order chi connectivity index (χ1) is 5.80. The van der Waals surface area contributed by atoms with E-state index in [1.54, 1.807) is 0 Å². The molecule has 3 saturated carbocycles. The molecule has 3 aliphatic carbocycles. The molecule has 2 unspecified atom stereocenters. The highest BCUT2D eigenvalue weighted by Crippen LogP contribution is 2.64. The molecule has 0 aromatic rings. The highest BCUT2D eigenvalue weighted by atomic mass is 16.1. The summed E-state index contributed by atoms with van der Waals surface area (Å²) in [6.07, 6.45) is 8.74. The van der Waals surface area contributed by atoms with Crippen LogP contribution in [0.3, 0.4) is 0 Å². The van der Waals surface area contributed by atoms with Gasteiger partial charge in [-0.25, -0.2) is 0 Å². The van der Waals surface area contributed by atoms with Gasteiger partial charge < -0.3 is 0 Å². The van der Waals surface area contributed by atoms with Gasteiger partial charge in [-0.05, 0) is 36.5 Å². The molecule has 0 aliphatic heterocycles. The second-order valence-electron chi connectivity index (χ2n) is 5.09. The lowest BCUT2D eigenvalue weighted by Gasteiger charge is -2.32. The number of hydrogen-bond donors (Lipinski definition) is 0. The lowest BCUT2D eigenvalue weighted by atomic mass is 9.72. The minimum absolute atomic E-state index is 0.528. The molecule has 3 rings (SSSR count). The SMILES string of the molecule is O=C1CC2CC2C2(CCCC2)C1. The molecular formula is C11H16O. The second-order valence-corrected chi connectivity index (χ2v) is 5.09. The van der Waals surface area contributed by atoms with Crippen LogP contribution >= 0.6 is 0 Å². The van der Waals surface area contributed by atoms with Crippen LogP contribution in [0.5, 0.6) is 0 Å². The first-order valence-corrected chi connectivity index (χ1v) is 5.32. The van der Waals surface area contributed by atoms with E-state index in [-0.39, 0.29) is 0 Å². The van der Waals surface area contributed by atoms with Gasteiger partial charge in [-0.1, -0.05) is 12.8 Å². The lowest BCUT2D eigenvalue weighted by molar-refractivity contribution is -0.124. The van der Waals surface area contributed by atoms with Crippen molar-refractivity contribution in [3.8, 4) is 0 Å². The van der Waals surface area contributed by atoms with Gasteiger partial charge in [-0.15, -0.1) is 0 Å². The standard InChI is InChI=1S/C11H16O/c12-9-5-8-6-10(8)11(7-9)3-1-2-4-11/h8,10H,1-7H2. The Hall–Kier alpha value is -0.330. The predicted octanol–water partition coefficient (Wildman–Crippen LogP) is 2.55. The average Bonchev–Trinajstić information content (AvgIpc) is 2.65. The zero-order chi connectivity index (χ0) is 8.18. The van der Waals surface area contributed by atoms with Gasteiger partial charge in [0.1, 0.15) is 5.78 Å². The summed E-state index contributed by atoms with van der Waals surface area (Å²) in [6, 6.07) is 0. The Bertz CT molecular complexity index is 225. The van der Waals surface area contributed by atoms with Gasteiger partial charge in [0, 0.05) is 12.8 Å². The molecule has 2 atom stereocenters. The topological polar surface area (TPSA) is 17.1 Å². The van der Waals surface area contributed by atoms with Crippen molar-refractivity contribution in [3.63, 3.8) is 0 Å². The molecule has 0 heterocycles. The normalized spacial score (nSPS) is 43.2. The highest BCUT2D eigenvalue weighted by Gasteiger charge is 2.57. The van der Waals surface area contributed by atoms with Gasteiger partial charge in [0.15, 0.2) is 0 Å². The Labute approximate surface area is 73.5 Å². The number of carbonyl (C=O) groups is 1. The third-order valence-electron chi connectivity index (χ3n) is 4.35. The summed E-state index contributed by atoms with van der Waals surface area (Å²) in [5.74, 6) is 2.36. The monoisotopic (exact) mass is 164 g/mol. The lowest BCUT2D eigenvalue weighted by Crippen LogP contribution is -2.28. The molecule has 1 nitrogen and oxygen atoms in total. The number of Topliss-reactive ketones (excluding diaryl/α,β-unsaturated/α-hetero) is 1. The van der Waals surface area contributed by atoms with Crippen molar-refractivity contribution in [2.75, 3.05) is 0 Å². The van der Waals surface area contributed by atoms with Crippen molar-refractivity contribution >= 4 is 5.78 Å². The fraction of sp³-hybridized carbons (Fsp3) is 0.909. The Morgan fingerprint density at radius 1 is 1.25 bits per heavy atom. The molecule has 0 N–H and O–H groups in total. The van der Waals surface area contributed by atoms with Crippen LogP contribution in [-0.2, 0) is 4.79 Å². The van der Waals surface area contributed by atoms with Crippen molar-refractivity contribution in [2.24, 2.45) is 17.3 Å². The molecule has 0 radical (unpaired) electrons. The van der Waals surface area contributed by atoms with Crippen LogP contribution in [0.4, 0.5) is 0 Å². The third kappa shape index (κ3) is 0.826. The van der Waals surface area contributed by atoms with Crippen LogP contribution in [0.2, 0.25) is 0 Å². The number of rotatable bonds is 0. The van der Waals surface area contributed by atoms with Gasteiger partial charge in [0.25, 0.3) is 0 Å². The first kappa shape index (κ1) is 7.11. The van der Waals surface area contributed by atoms with Crippen LogP contribution in [-0.4, -0.2) is 5.78 Å². The Morgan fingerprint density at radius 2 is 2.00 bits per heavy atom. The van der Waals surface area contributed by atoms with Gasteiger partial charge in [-0.3, -0.25) is 4.79 Å². The van der Waals surface area contributed by atoms with E-state index in [9.17, 15) is 4.79 Å². The predicted molar refractivity (Wildman–Crippen MR) is 46.7 cm³/mol. The van der Waals surface area contributed by atoms with Gasteiger partial charge in [0.2, 0.25) is 0 Å². The van der Waals surface area contributed by atoms with E-state index < -0.39 is 0 Å². The molecule has 0 aromatic carbocycles. The fourth-order valence-electron chi connectivity index (χ4n) is 3.74. The molecule has 3 fully saturated rings. The van der Waals surface area contributed by atoms with E-state index in [2.05, 4.69) is 0 Å². The second kappa shape index (κ2) is 2.12. The van der Waals surface area contributed by atoms with Crippen molar-refractivity contribution < 1.29 is 4.79 Å². The van der Waals surface area contributed by atoms with Crippen LogP contribution in [0.15, 0.2) is 0 Å². The largest absolute Gasteiger partial charge is 0.300 e. The highest BCUT2D eigenvalue weighted by molar-refractivity contribution is 5.81. The maximum Gasteiger partial charge on any atom is 0.133 e. The van der Waals surface area contributed by atoms with Crippen LogP contribution in [0, 0.1) is 17.3 Å². The van der Waals surface area contributed by atoms with Crippen molar-refractivity contribution in [1.82, 2.24) is 0 Å². The molecule has 0 aromatic heterocycles. The molecule has 1 spiro atoms. The smallest absolute Gasteiger partial charge is 0.133 e. The minimum atomic E-state index is 0.528. The summed E-state index contributed by atoms with van der Waals surface area (Å²) < 4.78 is 0. The third-order valence-corrected chi connectivity index (χ3v) is 4.35. The van der Waals surface area contributed by atoms with E-state index >= 15 is 0 Å². The quantitative estimate of drug-likeness (QED) is 0.537. The van der Waals surface area contributed by atoms with Crippen LogP contribution in [0.1, 0.15) is 44.9 Å². The number of fused-ring (bicyclic) bond motifs is 2. The molecule has 0 saturated heterocycles. The maximum absolute atomic E-state index is 11.5. The summed E-state index contributed by atoms with van der Waals surface area (Å²) in [5, 5.41) is 0. The molecule has 3 aliphatic rings. The first-order valence-electron chi connectivity index (χ1n) is 5.32. The van der Waals surface area contributed by atoms with Crippen LogP contribution < -0.4 is 0 Å². The fourth-order valence-corrected chi connectivity index (χ4v) is 3.74. The molecule has 12 heavy (non-hydrogen) atoms. The van der Waals surface area contributed by atoms with Crippen molar-refractivity contribution in [2.45, 2.75) is 44.9 Å². The van der Waals surface area contributed by atoms with Gasteiger partial charge >= 0.3 is 0 Å². The van der Waals surface area contributed by atoms with Crippen molar-refractivity contribution in [1.29, 1.82) is 0 Å². The van der Waals surface area contributed by atoms with Crippen LogP contribution in [0.25, 0.3) is 0 Å². The van der Waals surface area contributed by atoms with Gasteiger partial charge in [0.05, 0.1) is 0 Å². The summed E-state index contributed by atoms with van der Waals surface area (Å²) in [7, 11) is 0. The zero-order valence-electron chi connectivity index (χ0n) is 7.51. The number of hydrogen-bond acceptors (Lipinski definition) is 1. The van der Waals surface area contributed by atoms with E-state index in [0.717, 1.165) is 24.7 Å². The average molecular weight is 164 g/mol.